The smallest absolute Gasteiger partial charge is 0.157 e. The quantitative estimate of drug-likeness (QED) is 0.166. The van der Waals surface area contributed by atoms with Crippen LogP contribution in [0.5, 0.6) is 51.7 Å². The Morgan fingerprint density at radius 3 is 1.95 bits per heavy atom. The Labute approximate surface area is 232 Å². The summed E-state index contributed by atoms with van der Waals surface area (Å²) >= 11 is 0. The van der Waals surface area contributed by atoms with E-state index < -0.39 is 53.3 Å². The number of rotatable bonds is 3. The van der Waals surface area contributed by atoms with Gasteiger partial charge in [0.05, 0.1) is 12.0 Å². The van der Waals surface area contributed by atoms with Gasteiger partial charge in [0.2, 0.25) is 0 Å². The fourth-order valence-corrected chi connectivity index (χ4v) is 5.66. The van der Waals surface area contributed by atoms with E-state index in [0.29, 0.717) is 5.56 Å². The van der Waals surface area contributed by atoms with Crippen LogP contribution in [0.2, 0.25) is 0 Å². The van der Waals surface area contributed by atoms with Crippen LogP contribution >= 0.6 is 0 Å². The minimum absolute atomic E-state index is 0.00222. The molecule has 9 N–H and O–H groups in total. The highest BCUT2D eigenvalue weighted by Crippen LogP contribution is 2.57. The molecule has 2 aliphatic heterocycles. The van der Waals surface area contributed by atoms with Gasteiger partial charge in [0.1, 0.15) is 52.5 Å². The number of hydrogen-bond acceptors (Lipinski definition) is 11. The molecule has 212 valence electrons. The lowest BCUT2D eigenvalue weighted by Crippen LogP contribution is -2.36. The van der Waals surface area contributed by atoms with Crippen molar-refractivity contribution in [3.8, 4) is 51.7 Å². The topological polar surface area (TPSA) is 201 Å². The number of fused-ring (bicyclic) bond motifs is 2. The zero-order valence-corrected chi connectivity index (χ0v) is 21.2. The molecule has 0 saturated heterocycles. The third-order valence-corrected chi connectivity index (χ3v) is 7.57. The zero-order valence-electron chi connectivity index (χ0n) is 21.2. The summed E-state index contributed by atoms with van der Waals surface area (Å²) in [5.41, 5.74) is 0.857. The second-order valence-electron chi connectivity index (χ2n) is 10.2. The molecular weight excluding hydrogens is 536 g/mol. The van der Waals surface area contributed by atoms with Gasteiger partial charge in [0.15, 0.2) is 17.6 Å². The summed E-state index contributed by atoms with van der Waals surface area (Å²) in [5, 5.41) is 95.3. The molecule has 0 fully saturated rings. The molecule has 0 amide bonds. The highest BCUT2D eigenvalue weighted by Gasteiger charge is 2.46. The number of aromatic hydroxyl groups is 7. The zero-order chi connectivity index (χ0) is 29.2. The average molecular weight is 563 g/mol. The highest BCUT2D eigenvalue weighted by atomic mass is 16.5. The van der Waals surface area contributed by atoms with Crippen molar-refractivity contribution < 1.29 is 55.4 Å². The second kappa shape index (κ2) is 9.58. The van der Waals surface area contributed by atoms with Crippen LogP contribution in [-0.4, -0.2) is 58.2 Å². The van der Waals surface area contributed by atoms with E-state index in [-0.39, 0.29) is 57.4 Å². The van der Waals surface area contributed by atoms with Gasteiger partial charge in [-0.05, 0) is 35.4 Å². The first kappa shape index (κ1) is 26.2. The lowest BCUT2D eigenvalue weighted by molar-refractivity contribution is 0.00117. The Morgan fingerprint density at radius 2 is 1.24 bits per heavy atom. The second-order valence-corrected chi connectivity index (χ2v) is 10.2. The minimum atomic E-state index is -1.55. The molecule has 2 aliphatic rings. The van der Waals surface area contributed by atoms with E-state index in [9.17, 15) is 46.0 Å². The molecule has 4 aromatic rings. The molecule has 41 heavy (non-hydrogen) atoms. The van der Waals surface area contributed by atoms with Gasteiger partial charge < -0.3 is 55.4 Å². The van der Waals surface area contributed by atoms with Gasteiger partial charge in [0, 0.05) is 41.3 Å². The number of benzene rings is 4. The Bertz CT molecular complexity index is 1650. The molecule has 0 aliphatic carbocycles. The summed E-state index contributed by atoms with van der Waals surface area (Å²) in [5.74, 6) is -3.87. The van der Waals surface area contributed by atoms with Gasteiger partial charge in [-0.25, -0.2) is 0 Å². The standard InChI is InChI=1S/C30H26O11/c31-14-4-1-12(2-5-14)28-22(38)10-16-18(34)11-21(37)25(30(16)41-28)26-24-20(36)8-15(32)9-23(24)40-29(27(26)39)13-3-6-17(33)19(35)7-13/h1-9,11,22,26-29,31-39H,10H2/t22-,26-,27-,28-,29-/m0/s1. The number of aliphatic hydroxyl groups is 2. The molecule has 0 radical (unpaired) electrons. The van der Waals surface area contributed by atoms with Gasteiger partial charge in [-0.3, -0.25) is 0 Å². The van der Waals surface area contributed by atoms with Crippen LogP contribution < -0.4 is 9.47 Å². The SMILES string of the molecule is Oc1ccc([C@@H]2Oc3c(c(O)cc(O)c3[C@@H]3c4c(O)cc(O)cc4O[C@@H](c4ccc(O)c(O)c4)[C@H]3O)C[C@@H]2O)cc1. The summed E-state index contributed by atoms with van der Waals surface area (Å²) in [6.07, 6.45) is -4.99. The van der Waals surface area contributed by atoms with Crippen LogP contribution in [0.1, 0.15) is 45.9 Å². The van der Waals surface area contributed by atoms with Crippen molar-refractivity contribution in [3.63, 3.8) is 0 Å². The summed E-state index contributed by atoms with van der Waals surface area (Å²) in [6, 6.07) is 13.1. The van der Waals surface area contributed by atoms with Crippen molar-refractivity contribution in [2.45, 2.75) is 36.8 Å². The number of phenolic OH excluding ortho intramolecular Hbond substituents is 7. The van der Waals surface area contributed by atoms with Crippen LogP contribution in [0.25, 0.3) is 0 Å². The van der Waals surface area contributed by atoms with Crippen LogP contribution in [0, 0.1) is 0 Å². The predicted molar refractivity (Wildman–Crippen MR) is 142 cm³/mol. The van der Waals surface area contributed by atoms with E-state index in [4.69, 9.17) is 9.47 Å². The van der Waals surface area contributed by atoms with Gasteiger partial charge in [-0.15, -0.1) is 0 Å². The van der Waals surface area contributed by atoms with E-state index in [1.807, 2.05) is 0 Å². The van der Waals surface area contributed by atoms with Crippen molar-refractivity contribution >= 4 is 0 Å². The predicted octanol–water partition coefficient (Wildman–Crippen LogP) is 3.29. The van der Waals surface area contributed by atoms with E-state index in [0.717, 1.165) is 12.1 Å². The number of hydrogen-bond donors (Lipinski definition) is 9. The van der Waals surface area contributed by atoms with Gasteiger partial charge in [-0.2, -0.15) is 0 Å². The fourth-order valence-electron chi connectivity index (χ4n) is 5.66. The molecule has 2 heterocycles. The Hall–Kier alpha value is -5.00. The Balaban J connectivity index is 1.55. The monoisotopic (exact) mass is 562 g/mol. The first-order valence-electron chi connectivity index (χ1n) is 12.7. The van der Waals surface area contributed by atoms with Gasteiger partial charge >= 0.3 is 0 Å². The van der Waals surface area contributed by atoms with Crippen LogP contribution in [0.4, 0.5) is 0 Å². The number of phenols is 7. The molecule has 6 rings (SSSR count). The van der Waals surface area contributed by atoms with Crippen molar-refractivity contribution in [3.05, 3.63) is 88.5 Å². The average Bonchev–Trinajstić information content (AvgIpc) is 2.92. The van der Waals surface area contributed by atoms with Gasteiger partial charge in [-0.1, -0.05) is 18.2 Å². The maximum absolute atomic E-state index is 11.7. The van der Waals surface area contributed by atoms with E-state index in [1.54, 1.807) is 12.1 Å². The Kier molecular flexibility index (Phi) is 6.13. The normalized spacial score (nSPS) is 23.1. The fraction of sp³-hybridized carbons (Fsp3) is 0.200. The summed E-state index contributed by atoms with van der Waals surface area (Å²) in [6.45, 7) is 0. The van der Waals surface area contributed by atoms with Crippen molar-refractivity contribution in [2.75, 3.05) is 0 Å². The van der Waals surface area contributed by atoms with E-state index in [1.165, 1.54) is 36.4 Å². The molecule has 0 bridgehead atoms. The minimum Gasteiger partial charge on any atom is -0.508 e. The van der Waals surface area contributed by atoms with Crippen LogP contribution in [0.3, 0.4) is 0 Å². The first-order valence-corrected chi connectivity index (χ1v) is 12.7. The summed E-state index contributed by atoms with van der Waals surface area (Å²) < 4.78 is 12.2. The molecule has 4 aromatic carbocycles. The molecular formula is C30H26O11. The van der Waals surface area contributed by atoms with E-state index in [2.05, 4.69) is 0 Å². The van der Waals surface area contributed by atoms with Crippen molar-refractivity contribution in [2.24, 2.45) is 0 Å². The Morgan fingerprint density at radius 1 is 0.561 bits per heavy atom. The van der Waals surface area contributed by atoms with Gasteiger partial charge in [0.25, 0.3) is 0 Å². The molecule has 5 atom stereocenters. The molecule has 0 aromatic heterocycles. The summed E-state index contributed by atoms with van der Waals surface area (Å²) in [4.78, 5) is 0. The maximum atomic E-state index is 11.7. The molecule has 0 unspecified atom stereocenters. The number of ether oxygens (including phenoxy) is 2. The third-order valence-electron chi connectivity index (χ3n) is 7.57. The number of aliphatic hydroxyl groups excluding tert-OH is 2. The lowest BCUT2D eigenvalue weighted by atomic mass is 9.77. The highest BCUT2D eigenvalue weighted by molar-refractivity contribution is 5.65. The molecule has 0 saturated carbocycles. The van der Waals surface area contributed by atoms with E-state index >= 15 is 0 Å². The molecule has 0 spiro atoms. The van der Waals surface area contributed by atoms with Crippen molar-refractivity contribution in [1.29, 1.82) is 0 Å². The van der Waals surface area contributed by atoms with Crippen LogP contribution in [-0.2, 0) is 6.42 Å². The largest absolute Gasteiger partial charge is 0.508 e. The summed E-state index contributed by atoms with van der Waals surface area (Å²) in [7, 11) is 0. The maximum Gasteiger partial charge on any atom is 0.157 e. The molecule has 11 nitrogen and oxygen atoms in total. The van der Waals surface area contributed by atoms with Crippen molar-refractivity contribution in [1.82, 2.24) is 0 Å². The van der Waals surface area contributed by atoms with Crippen LogP contribution in [0.15, 0.2) is 60.7 Å². The third kappa shape index (κ3) is 4.31. The first-order chi connectivity index (χ1) is 19.5. The lowest BCUT2D eigenvalue weighted by Gasteiger charge is -2.40. The molecule has 11 heteroatoms.